The minimum Gasteiger partial charge on any atom is -0.465 e. The first kappa shape index (κ1) is 33.3. The molecule has 236 valence electrons. The molecule has 0 aromatic heterocycles. The summed E-state index contributed by atoms with van der Waals surface area (Å²) in [7, 11) is 0. The molecule has 0 spiro atoms. The molecule has 2 aliphatic rings. The number of carbonyl (C=O) groups excluding carboxylic acids is 2. The van der Waals surface area contributed by atoms with Gasteiger partial charge in [0.15, 0.2) is 0 Å². The van der Waals surface area contributed by atoms with Gasteiger partial charge in [-0.3, -0.25) is 9.59 Å². The van der Waals surface area contributed by atoms with Gasteiger partial charge in [-0.05, 0) is 74.3 Å². The Morgan fingerprint density at radius 1 is 0.674 bits per heavy atom. The lowest BCUT2D eigenvalue weighted by atomic mass is 9.55. The average Bonchev–Trinajstić information content (AvgIpc) is 3.06. The third kappa shape index (κ3) is 7.91. The molecule has 4 atom stereocenters. The van der Waals surface area contributed by atoms with E-state index < -0.39 is 10.8 Å². The summed E-state index contributed by atoms with van der Waals surface area (Å²) < 4.78 is 12.8. The summed E-state index contributed by atoms with van der Waals surface area (Å²) in [4.78, 5) is 29.6. The molecule has 2 aromatic rings. The molecule has 4 heteroatoms. The van der Waals surface area contributed by atoms with Crippen molar-refractivity contribution in [1.29, 1.82) is 0 Å². The number of benzene rings is 2. The quantitative estimate of drug-likeness (QED) is 0.206. The number of carbonyl (C=O) groups is 2. The van der Waals surface area contributed by atoms with Gasteiger partial charge in [-0.1, -0.05) is 133 Å². The van der Waals surface area contributed by atoms with Gasteiger partial charge < -0.3 is 9.47 Å². The first-order chi connectivity index (χ1) is 20.8. The molecule has 0 heterocycles. The lowest BCUT2D eigenvalue weighted by Crippen LogP contribution is -2.56. The molecule has 0 N–H and O–H groups in total. The van der Waals surface area contributed by atoms with E-state index in [0.717, 1.165) is 24.0 Å². The van der Waals surface area contributed by atoms with E-state index in [2.05, 4.69) is 52.0 Å². The Bertz CT molecular complexity index is 1120. The second-order valence-corrected chi connectivity index (χ2v) is 13.7. The van der Waals surface area contributed by atoms with Gasteiger partial charge >= 0.3 is 11.9 Å². The fourth-order valence-corrected chi connectivity index (χ4v) is 8.14. The average molecular weight is 589 g/mol. The van der Waals surface area contributed by atoms with Gasteiger partial charge in [0.25, 0.3) is 0 Å². The van der Waals surface area contributed by atoms with Crippen LogP contribution in [0.15, 0.2) is 60.7 Å². The zero-order valence-electron chi connectivity index (χ0n) is 27.3. The summed E-state index contributed by atoms with van der Waals surface area (Å²) in [5.41, 5.74) is -0.0664. The van der Waals surface area contributed by atoms with Crippen LogP contribution < -0.4 is 0 Å². The molecule has 0 saturated heterocycles. The minimum atomic E-state index is -1.08. The van der Waals surface area contributed by atoms with Gasteiger partial charge in [0.2, 0.25) is 0 Å². The Morgan fingerprint density at radius 3 is 1.58 bits per heavy atom. The third-order valence-corrected chi connectivity index (χ3v) is 11.1. The van der Waals surface area contributed by atoms with Crippen LogP contribution in [-0.2, 0) is 31.9 Å². The maximum atomic E-state index is 14.8. The van der Waals surface area contributed by atoms with Gasteiger partial charge in [-0.15, -0.1) is 0 Å². The molecule has 4 rings (SSSR count). The van der Waals surface area contributed by atoms with Crippen LogP contribution in [0.1, 0.15) is 116 Å². The van der Waals surface area contributed by atoms with E-state index >= 15 is 0 Å². The zero-order chi connectivity index (χ0) is 30.7. The summed E-state index contributed by atoms with van der Waals surface area (Å²) in [6, 6.07) is 20.3. The van der Waals surface area contributed by atoms with Crippen molar-refractivity contribution < 1.29 is 19.1 Å². The lowest BCUT2D eigenvalue weighted by molar-refractivity contribution is -0.189. The summed E-state index contributed by atoms with van der Waals surface area (Å²) in [5, 5.41) is 0. The summed E-state index contributed by atoms with van der Waals surface area (Å²) >= 11 is 0. The molecule has 0 amide bonds. The number of hydrogen-bond donors (Lipinski definition) is 0. The van der Waals surface area contributed by atoms with Crippen molar-refractivity contribution in [2.75, 3.05) is 6.61 Å². The van der Waals surface area contributed by atoms with Crippen LogP contribution >= 0.6 is 0 Å². The largest absolute Gasteiger partial charge is 0.465 e. The minimum absolute atomic E-state index is 0.178. The van der Waals surface area contributed by atoms with Crippen LogP contribution in [0.5, 0.6) is 0 Å². The van der Waals surface area contributed by atoms with Crippen LogP contribution in [-0.4, -0.2) is 24.6 Å². The third-order valence-electron chi connectivity index (χ3n) is 11.1. The van der Waals surface area contributed by atoms with E-state index in [0.29, 0.717) is 50.0 Å². The Hall–Kier alpha value is -2.62. The SMILES string of the molecule is CCC(Cc1ccccc1)(C(=O)OCC(C)C1CCCCC1)C(CC)(Cc1ccccc1)C(=O)OC(C)C1CCCCC1. The molecule has 2 aromatic carbocycles. The standard InChI is InChI=1S/C39H56O4/c1-5-38(27-32-19-11-7-12-20-32,36(40)42-29-30(3)34-23-15-9-16-24-34)39(6-2,28-33-21-13-8-14-22-33)37(41)43-31(4)35-25-17-10-18-26-35/h7-8,11-14,19-22,30-31,34-35H,5-6,9-10,15-18,23-29H2,1-4H3. The van der Waals surface area contributed by atoms with Crippen molar-refractivity contribution in [3.63, 3.8) is 0 Å². The Kier molecular flexibility index (Phi) is 12.3. The first-order valence-corrected chi connectivity index (χ1v) is 17.3. The van der Waals surface area contributed by atoms with Crippen LogP contribution in [0, 0.1) is 28.6 Å². The van der Waals surface area contributed by atoms with Crippen molar-refractivity contribution in [2.45, 2.75) is 124 Å². The van der Waals surface area contributed by atoms with Crippen molar-refractivity contribution in [3.05, 3.63) is 71.8 Å². The maximum absolute atomic E-state index is 14.8. The molecule has 43 heavy (non-hydrogen) atoms. The van der Waals surface area contributed by atoms with E-state index in [1.54, 1.807) is 0 Å². The van der Waals surface area contributed by atoms with Gasteiger partial charge in [-0.2, -0.15) is 0 Å². The predicted octanol–water partition coefficient (Wildman–Crippen LogP) is 9.54. The van der Waals surface area contributed by atoms with Crippen molar-refractivity contribution in [2.24, 2.45) is 28.6 Å². The molecule has 2 saturated carbocycles. The summed E-state index contributed by atoms with van der Waals surface area (Å²) in [5.74, 6) is 0.776. The molecule has 4 unspecified atom stereocenters. The smallest absolute Gasteiger partial charge is 0.313 e. The van der Waals surface area contributed by atoms with Crippen LogP contribution in [0.4, 0.5) is 0 Å². The highest BCUT2D eigenvalue weighted by Crippen LogP contribution is 2.52. The van der Waals surface area contributed by atoms with Gasteiger partial charge in [0.05, 0.1) is 17.4 Å². The van der Waals surface area contributed by atoms with E-state index in [1.165, 1.54) is 51.4 Å². The molecule has 4 nitrogen and oxygen atoms in total. The molecule has 2 aliphatic carbocycles. The zero-order valence-corrected chi connectivity index (χ0v) is 27.3. The van der Waals surface area contributed by atoms with Crippen molar-refractivity contribution in [1.82, 2.24) is 0 Å². The normalized spacial score (nSPS) is 20.7. The van der Waals surface area contributed by atoms with E-state index in [4.69, 9.17) is 9.47 Å². The molecule has 0 aliphatic heterocycles. The van der Waals surface area contributed by atoms with E-state index in [9.17, 15) is 9.59 Å². The first-order valence-electron chi connectivity index (χ1n) is 17.3. The highest BCUT2D eigenvalue weighted by atomic mass is 16.5. The number of ether oxygens (including phenoxy) is 2. The summed E-state index contributed by atoms with van der Waals surface area (Å²) in [6.45, 7) is 8.81. The van der Waals surface area contributed by atoms with Gasteiger partial charge in [-0.25, -0.2) is 0 Å². The number of esters is 2. The number of rotatable bonds is 14. The van der Waals surface area contributed by atoms with E-state index in [-0.39, 0.29) is 18.0 Å². The second-order valence-electron chi connectivity index (χ2n) is 13.7. The van der Waals surface area contributed by atoms with Crippen molar-refractivity contribution >= 4 is 11.9 Å². The maximum Gasteiger partial charge on any atom is 0.313 e. The summed E-state index contributed by atoms with van der Waals surface area (Å²) in [6.07, 6.45) is 13.7. The molecule has 2 fully saturated rings. The van der Waals surface area contributed by atoms with E-state index in [1.807, 2.05) is 36.4 Å². The van der Waals surface area contributed by atoms with Crippen LogP contribution in [0.2, 0.25) is 0 Å². The molecule has 0 bridgehead atoms. The second kappa shape index (κ2) is 15.9. The highest BCUT2D eigenvalue weighted by molar-refractivity contribution is 5.89. The Labute approximate surface area is 261 Å². The predicted molar refractivity (Wildman–Crippen MR) is 175 cm³/mol. The Balaban J connectivity index is 1.74. The van der Waals surface area contributed by atoms with Gasteiger partial charge in [0, 0.05) is 0 Å². The molecule has 0 radical (unpaired) electrons. The Morgan fingerprint density at radius 2 is 1.12 bits per heavy atom. The monoisotopic (exact) mass is 588 g/mol. The molecular weight excluding hydrogens is 532 g/mol. The van der Waals surface area contributed by atoms with Crippen molar-refractivity contribution in [3.8, 4) is 0 Å². The van der Waals surface area contributed by atoms with Crippen LogP contribution in [0.25, 0.3) is 0 Å². The van der Waals surface area contributed by atoms with Gasteiger partial charge in [0.1, 0.15) is 6.10 Å². The fourth-order valence-electron chi connectivity index (χ4n) is 8.14. The topological polar surface area (TPSA) is 52.6 Å². The number of hydrogen-bond acceptors (Lipinski definition) is 4. The molecular formula is C39H56O4. The highest BCUT2D eigenvalue weighted by Gasteiger charge is 2.61. The fraction of sp³-hybridized carbons (Fsp3) is 0.641. The lowest BCUT2D eigenvalue weighted by Gasteiger charge is -2.47. The van der Waals surface area contributed by atoms with Crippen LogP contribution in [0.3, 0.4) is 0 Å².